The second-order valence-corrected chi connectivity index (χ2v) is 2.85. The Bertz CT molecular complexity index is 413. The van der Waals surface area contributed by atoms with Gasteiger partial charge in [-0.2, -0.15) is 0 Å². The lowest BCUT2D eigenvalue weighted by atomic mass is 10.1. The van der Waals surface area contributed by atoms with E-state index < -0.39 is 0 Å². The van der Waals surface area contributed by atoms with Crippen LogP contribution in [0.3, 0.4) is 0 Å². The van der Waals surface area contributed by atoms with E-state index in [1.807, 2.05) is 30.3 Å². The van der Waals surface area contributed by atoms with Crippen molar-refractivity contribution in [3.05, 3.63) is 48.6 Å². The molecule has 0 amide bonds. The highest BCUT2D eigenvalue weighted by Crippen LogP contribution is 2.01. The van der Waals surface area contributed by atoms with Crippen molar-refractivity contribution in [2.24, 2.45) is 5.16 Å². The minimum Gasteiger partial charge on any atom is -0.391 e. The molecule has 0 bridgehead atoms. The first-order valence-corrected chi connectivity index (χ1v) is 4.84. The van der Waals surface area contributed by atoms with E-state index in [0.717, 1.165) is 5.56 Å². The van der Waals surface area contributed by atoms with Gasteiger partial charge in [-0.1, -0.05) is 54.1 Å². The average Bonchev–Trinajstić information content (AvgIpc) is 2.35. The van der Waals surface area contributed by atoms with Crippen molar-refractivity contribution < 1.29 is 9.94 Å². The Hall–Kier alpha value is -2.05. The number of benzene rings is 1. The maximum atomic E-state index is 8.65. The van der Waals surface area contributed by atoms with Crippen molar-refractivity contribution in [1.29, 1.82) is 0 Å². The van der Waals surface area contributed by atoms with Crippen LogP contribution in [0.15, 0.2) is 48.1 Å². The predicted molar refractivity (Wildman–Crippen MR) is 64.0 cm³/mol. The Morgan fingerprint density at radius 2 is 2.19 bits per heavy atom. The first kappa shape index (κ1) is 12.0. The van der Waals surface area contributed by atoms with Crippen molar-refractivity contribution in [1.82, 2.24) is 0 Å². The monoisotopic (exact) mass is 215 g/mol. The Morgan fingerprint density at radius 1 is 1.44 bits per heavy atom. The molecular formula is C13H13NO2. The molecule has 0 spiro atoms. The fraction of sp³-hybridized carbons (Fsp3) is 0.154. The molecule has 1 N–H and O–H groups in total. The van der Waals surface area contributed by atoms with Crippen molar-refractivity contribution in [2.45, 2.75) is 0 Å². The summed E-state index contributed by atoms with van der Waals surface area (Å²) in [4.78, 5) is 4.98. The van der Waals surface area contributed by atoms with E-state index in [9.17, 15) is 0 Å². The molecular weight excluding hydrogens is 202 g/mol. The van der Waals surface area contributed by atoms with Gasteiger partial charge in [-0.3, -0.25) is 0 Å². The number of hydrogen-bond acceptors (Lipinski definition) is 3. The summed E-state index contributed by atoms with van der Waals surface area (Å²) in [6.07, 6.45) is 1.60. The van der Waals surface area contributed by atoms with Crippen LogP contribution in [0.5, 0.6) is 0 Å². The summed E-state index contributed by atoms with van der Waals surface area (Å²) in [6, 6.07) is 9.44. The molecule has 0 unspecified atom stereocenters. The van der Waals surface area contributed by atoms with Crippen LogP contribution in [0.2, 0.25) is 0 Å². The zero-order valence-electron chi connectivity index (χ0n) is 8.89. The summed E-state index contributed by atoms with van der Waals surface area (Å²) < 4.78 is 0. The van der Waals surface area contributed by atoms with E-state index in [0.29, 0.717) is 12.3 Å². The highest BCUT2D eigenvalue weighted by atomic mass is 16.6. The summed E-state index contributed by atoms with van der Waals surface area (Å²) in [5, 5.41) is 12.5. The fourth-order valence-electron chi connectivity index (χ4n) is 1.02. The summed E-state index contributed by atoms with van der Waals surface area (Å²) in [7, 11) is 0. The van der Waals surface area contributed by atoms with Gasteiger partial charge in [0.05, 0.1) is 0 Å². The van der Waals surface area contributed by atoms with Gasteiger partial charge in [0.2, 0.25) is 0 Å². The molecule has 0 saturated carbocycles. The number of nitrogens with zero attached hydrogens (tertiary/aromatic N) is 1. The molecule has 1 rings (SSSR count). The standard InChI is InChI=1S/C13H13NO2/c1-2-11-16-14-13(9-6-10-15)12-7-4-3-5-8-12/h2-5,7-8,15H,1,10-11H2/b14-13+. The van der Waals surface area contributed by atoms with Crippen molar-refractivity contribution in [2.75, 3.05) is 13.2 Å². The molecule has 1 aromatic rings. The van der Waals surface area contributed by atoms with Gasteiger partial charge < -0.3 is 9.94 Å². The van der Waals surface area contributed by atoms with Gasteiger partial charge in [-0.05, 0) is 5.92 Å². The van der Waals surface area contributed by atoms with Crippen LogP contribution in [0.1, 0.15) is 5.56 Å². The van der Waals surface area contributed by atoms with Crippen LogP contribution < -0.4 is 0 Å². The molecule has 0 heterocycles. The van der Waals surface area contributed by atoms with Gasteiger partial charge in [-0.25, -0.2) is 0 Å². The maximum Gasteiger partial charge on any atom is 0.159 e. The molecule has 0 atom stereocenters. The lowest BCUT2D eigenvalue weighted by Crippen LogP contribution is -1.99. The molecule has 0 aliphatic rings. The minimum absolute atomic E-state index is 0.201. The third-order valence-electron chi connectivity index (χ3n) is 1.68. The van der Waals surface area contributed by atoms with Crippen molar-refractivity contribution in [3.8, 4) is 11.8 Å². The van der Waals surface area contributed by atoms with Gasteiger partial charge in [0.25, 0.3) is 0 Å². The zero-order valence-corrected chi connectivity index (χ0v) is 8.89. The molecule has 0 aliphatic carbocycles. The molecule has 82 valence electrons. The smallest absolute Gasteiger partial charge is 0.159 e. The second kappa shape index (κ2) is 7.27. The maximum absolute atomic E-state index is 8.65. The number of aliphatic hydroxyl groups is 1. The molecule has 3 heteroatoms. The van der Waals surface area contributed by atoms with E-state index in [-0.39, 0.29) is 6.61 Å². The molecule has 0 aliphatic heterocycles. The number of aliphatic hydroxyl groups excluding tert-OH is 1. The van der Waals surface area contributed by atoms with Gasteiger partial charge in [0.15, 0.2) is 5.71 Å². The SMILES string of the molecule is C=CCO/N=C(\C#CCO)c1ccccc1. The minimum atomic E-state index is -0.201. The molecule has 0 aromatic heterocycles. The van der Waals surface area contributed by atoms with E-state index in [2.05, 4.69) is 23.6 Å². The Kier molecular flexibility index (Phi) is 5.46. The normalized spacial score (nSPS) is 10.2. The van der Waals surface area contributed by atoms with E-state index in [1.165, 1.54) is 0 Å². The molecule has 0 fully saturated rings. The van der Waals surface area contributed by atoms with Gasteiger partial charge in [0.1, 0.15) is 13.2 Å². The topological polar surface area (TPSA) is 41.8 Å². The zero-order chi connectivity index (χ0) is 11.6. The largest absolute Gasteiger partial charge is 0.391 e. The Balaban J connectivity index is 2.87. The summed E-state index contributed by atoms with van der Waals surface area (Å²) in [5.74, 6) is 5.28. The number of hydrogen-bond donors (Lipinski definition) is 1. The Morgan fingerprint density at radius 3 is 2.81 bits per heavy atom. The third-order valence-corrected chi connectivity index (χ3v) is 1.68. The van der Waals surface area contributed by atoms with Crippen LogP contribution in [-0.2, 0) is 4.84 Å². The van der Waals surface area contributed by atoms with Crippen LogP contribution in [0, 0.1) is 11.8 Å². The lowest BCUT2D eigenvalue weighted by Gasteiger charge is -1.99. The summed E-state index contributed by atoms with van der Waals surface area (Å²) in [5.41, 5.74) is 1.35. The van der Waals surface area contributed by atoms with Crippen molar-refractivity contribution in [3.63, 3.8) is 0 Å². The third kappa shape index (κ3) is 3.99. The van der Waals surface area contributed by atoms with Crippen LogP contribution in [0.25, 0.3) is 0 Å². The molecule has 1 aromatic carbocycles. The molecule has 0 saturated heterocycles. The van der Waals surface area contributed by atoms with Gasteiger partial charge >= 0.3 is 0 Å². The first-order valence-electron chi connectivity index (χ1n) is 4.84. The molecule has 16 heavy (non-hydrogen) atoms. The highest BCUT2D eigenvalue weighted by Gasteiger charge is 1.99. The molecule has 3 nitrogen and oxygen atoms in total. The number of rotatable bonds is 4. The second-order valence-electron chi connectivity index (χ2n) is 2.85. The first-order chi connectivity index (χ1) is 7.88. The van der Waals surface area contributed by atoms with E-state index in [4.69, 9.17) is 9.94 Å². The van der Waals surface area contributed by atoms with Crippen LogP contribution in [0.4, 0.5) is 0 Å². The summed E-state index contributed by atoms with van der Waals surface area (Å²) >= 11 is 0. The molecule has 0 radical (unpaired) electrons. The number of oxime groups is 1. The van der Waals surface area contributed by atoms with Crippen LogP contribution >= 0.6 is 0 Å². The average molecular weight is 215 g/mol. The van der Waals surface area contributed by atoms with Crippen molar-refractivity contribution >= 4 is 5.71 Å². The highest BCUT2D eigenvalue weighted by molar-refractivity contribution is 6.12. The lowest BCUT2D eigenvalue weighted by molar-refractivity contribution is 0.175. The quantitative estimate of drug-likeness (QED) is 0.272. The fourth-order valence-corrected chi connectivity index (χ4v) is 1.02. The Labute approximate surface area is 95.1 Å². The van der Waals surface area contributed by atoms with E-state index in [1.54, 1.807) is 6.08 Å². The van der Waals surface area contributed by atoms with Crippen LogP contribution in [-0.4, -0.2) is 24.0 Å². The van der Waals surface area contributed by atoms with Gasteiger partial charge in [0, 0.05) is 5.56 Å². The van der Waals surface area contributed by atoms with E-state index >= 15 is 0 Å². The predicted octanol–water partition coefficient (Wildman–Crippen LogP) is 1.59. The van der Waals surface area contributed by atoms with Gasteiger partial charge in [-0.15, -0.1) is 0 Å². The summed E-state index contributed by atoms with van der Waals surface area (Å²) in [6.45, 7) is 3.65.